The van der Waals surface area contributed by atoms with Crippen molar-refractivity contribution < 1.29 is 14.3 Å². The molecule has 1 aromatic rings. The van der Waals surface area contributed by atoms with Crippen LogP contribution in [0.5, 0.6) is 0 Å². The number of carbonyl (C=O) groups excluding carboxylic acids is 2. The van der Waals surface area contributed by atoms with Crippen LogP contribution < -0.4 is 10.6 Å². The minimum atomic E-state index is -0.676. The SMILES string of the molecule is CCOC(=O)NC(C(=O)NCc1ccc(Cl)cc1Cl)C(C)C. The summed E-state index contributed by atoms with van der Waals surface area (Å²) in [5.74, 6) is -0.376. The van der Waals surface area contributed by atoms with Crippen LogP contribution in [0.25, 0.3) is 0 Å². The molecule has 0 radical (unpaired) electrons. The topological polar surface area (TPSA) is 67.4 Å². The first kappa shape index (κ1) is 18.6. The molecule has 0 bridgehead atoms. The van der Waals surface area contributed by atoms with Crippen LogP contribution in [0.1, 0.15) is 26.3 Å². The summed E-state index contributed by atoms with van der Waals surface area (Å²) in [6, 6.07) is 4.38. The molecule has 0 spiro atoms. The van der Waals surface area contributed by atoms with Crippen molar-refractivity contribution in [1.82, 2.24) is 10.6 Å². The maximum Gasteiger partial charge on any atom is 0.407 e. The van der Waals surface area contributed by atoms with Crippen molar-refractivity contribution in [2.24, 2.45) is 5.92 Å². The lowest BCUT2D eigenvalue weighted by Gasteiger charge is -2.21. The average Bonchev–Trinajstić information content (AvgIpc) is 2.43. The van der Waals surface area contributed by atoms with E-state index in [-0.39, 0.29) is 25.0 Å². The Morgan fingerprint density at radius 3 is 2.50 bits per heavy atom. The van der Waals surface area contributed by atoms with E-state index in [0.717, 1.165) is 5.56 Å². The number of rotatable bonds is 6. The molecule has 122 valence electrons. The summed E-state index contributed by atoms with van der Waals surface area (Å²) in [5.41, 5.74) is 0.748. The van der Waals surface area contributed by atoms with Gasteiger partial charge >= 0.3 is 6.09 Å². The Morgan fingerprint density at radius 2 is 1.95 bits per heavy atom. The Morgan fingerprint density at radius 1 is 1.27 bits per heavy atom. The molecule has 2 amide bonds. The van der Waals surface area contributed by atoms with Gasteiger partial charge in [0.2, 0.25) is 5.91 Å². The maximum atomic E-state index is 12.2. The van der Waals surface area contributed by atoms with Gasteiger partial charge in [0.25, 0.3) is 0 Å². The highest BCUT2D eigenvalue weighted by molar-refractivity contribution is 6.35. The number of hydrogen-bond acceptors (Lipinski definition) is 3. The monoisotopic (exact) mass is 346 g/mol. The van der Waals surface area contributed by atoms with Crippen LogP contribution in [0.3, 0.4) is 0 Å². The summed E-state index contributed by atoms with van der Waals surface area (Å²) in [4.78, 5) is 23.7. The van der Waals surface area contributed by atoms with E-state index in [1.165, 1.54) is 0 Å². The van der Waals surface area contributed by atoms with Crippen molar-refractivity contribution in [3.8, 4) is 0 Å². The second kappa shape index (κ2) is 8.86. The molecule has 1 unspecified atom stereocenters. The quantitative estimate of drug-likeness (QED) is 0.829. The number of benzene rings is 1. The van der Waals surface area contributed by atoms with Crippen LogP contribution >= 0.6 is 23.2 Å². The third kappa shape index (κ3) is 5.73. The Bertz CT molecular complexity index is 536. The van der Waals surface area contributed by atoms with Crippen LogP contribution in [0.2, 0.25) is 10.0 Å². The minimum Gasteiger partial charge on any atom is -0.450 e. The van der Waals surface area contributed by atoms with Crippen molar-refractivity contribution in [1.29, 1.82) is 0 Å². The third-order valence-electron chi connectivity index (χ3n) is 2.97. The summed E-state index contributed by atoms with van der Waals surface area (Å²) in [6.07, 6.45) is -0.610. The largest absolute Gasteiger partial charge is 0.450 e. The molecule has 0 aromatic heterocycles. The second-order valence-electron chi connectivity index (χ2n) is 5.04. The smallest absolute Gasteiger partial charge is 0.407 e. The Balaban J connectivity index is 2.65. The van der Waals surface area contributed by atoms with Gasteiger partial charge in [-0.2, -0.15) is 0 Å². The Kier molecular flexibility index (Phi) is 7.48. The van der Waals surface area contributed by atoms with Crippen molar-refractivity contribution in [3.05, 3.63) is 33.8 Å². The predicted molar refractivity (Wildman–Crippen MR) is 87.1 cm³/mol. The van der Waals surface area contributed by atoms with Crippen molar-refractivity contribution >= 4 is 35.2 Å². The highest BCUT2D eigenvalue weighted by atomic mass is 35.5. The summed E-state index contributed by atoms with van der Waals surface area (Å²) in [5, 5.41) is 6.31. The molecule has 0 aliphatic carbocycles. The highest BCUT2D eigenvalue weighted by Gasteiger charge is 2.24. The van der Waals surface area contributed by atoms with Gasteiger partial charge in [-0.15, -0.1) is 0 Å². The molecule has 1 aromatic carbocycles. The fourth-order valence-corrected chi connectivity index (χ4v) is 2.27. The van der Waals surface area contributed by atoms with Gasteiger partial charge in [0, 0.05) is 16.6 Å². The summed E-state index contributed by atoms with van der Waals surface area (Å²) < 4.78 is 4.80. The molecule has 0 heterocycles. The molecular formula is C15H20Cl2N2O3. The Labute approximate surface area is 140 Å². The van der Waals surface area contributed by atoms with Crippen molar-refractivity contribution in [2.75, 3.05) is 6.61 Å². The minimum absolute atomic E-state index is 0.0786. The van der Waals surface area contributed by atoms with E-state index in [9.17, 15) is 9.59 Å². The van der Waals surface area contributed by atoms with Crippen molar-refractivity contribution in [2.45, 2.75) is 33.4 Å². The molecule has 0 saturated heterocycles. The zero-order valence-electron chi connectivity index (χ0n) is 12.8. The normalized spacial score (nSPS) is 11.9. The van der Waals surface area contributed by atoms with Gasteiger partial charge in [-0.25, -0.2) is 4.79 Å². The number of alkyl carbamates (subject to hydrolysis) is 1. The lowest BCUT2D eigenvalue weighted by atomic mass is 10.0. The number of ether oxygens (including phenoxy) is 1. The van der Waals surface area contributed by atoms with Gasteiger partial charge in [0.05, 0.1) is 6.61 Å². The number of halogens is 2. The first-order valence-electron chi connectivity index (χ1n) is 7.00. The van der Waals surface area contributed by atoms with Crippen LogP contribution in [-0.2, 0) is 16.1 Å². The number of hydrogen-bond donors (Lipinski definition) is 2. The van der Waals surface area contributed by atoms with Crippen LogP contribution in [0.4, 0.5) is 4.79 Å². The summed E-state index contributed by atoms with van der Waals surface area (Å²) in [7, 11) is 0. The molecule has 7 heteroatoms. The molecule has 1 atom stereocenters. The molecule has 0 fully saturated rings. The van der Waals surface area contributed by atoms with Gasteiger partial charge in [0.15, 0.2) is 0 Å². The molecule has 0 saturated carbocycles. The van der Waals surface area contributed by atoms with Gasteiger partial charge in [-0.1, -0.05) is 43.1 Å². The molecule has 1 rings (SSSR count). The fraction of sp³-hybridized carbons (Fsp3) is 0.467. The lowest BCUT2D eigenvalue weighted by Crippen LogP contribution is -2.49. The zero-order valence-corrected chi connectivity index (χ0v) is 14.3. The van der Waals surface area contributed by atoms with Gasteiger partial charge in [-0.05, 0) is 30.5 Å². The second-order valence-corrected chi connectivity index (χ2v) is 5.88. The first-order chi connectivity index (χ1) is 10.3. The molecule has 22 heavy (non-hydrogen) atoms. The van der Waals surface area contributed by atoms with Gasteiger partial charge < -0.3 is 15.4 Å². The third-order valence-corrected chi connectivity index (χ3v) is 3.55. The van der Waals surface area contributed by atoms with E-state index in [1.54, 1.807) is 25.1 Å². The number of amides is 2. The van der Waals surface area contributed by atoms with Crippen LogP contribution in [0, 0.1) is 5.92 Å². The van der Waals surface area contributed by atoms with E-state index in [2.05, 4.69) is 10.6 Å². The molecule has 2 N–H and O–H groups in total. The molecule has 0 aliphatic heterocycles. The van der Waals surface area contributed by atoms with E-state index in [4.69, 9.17) is 27.9 Å². The lowest BCUT2D eigenvalue weighted by molar-refractivity contribution is -0.124. The standard InChI is InChI=1S/C15H20Cl2N2O3/c1-4-22-15(21)19-13(9(2)3)14(20)18-8-10-5-6-11(16)7-12(10)17/h5-7,9,13H,4,8H2,1-3H3,(H,18,20)(H,19,21). The Hall–Kier alpha value is -1.46. The predicted octanol–water partition coefficient (Wildman–Crippen LogP) is 3.38. The van der Waals surface area contributed by atoms with Gasteiger partial charge in [-0.3, -0.25) is 4.79 Å². The summed E-state index contributed by atoms with van der Waals surface area (Å²) in [6.45, 7) is 5.88. The van der Waals surface area contributed by atoms with Crippen molar-refractivity contribution in [3.63, 3.8) is 0 Å². The average molecular weight is 347 g/mol. The number of carbonyl (C=O) groups is 2. The van der Waals surface area contributed by atoms with Crippen LogP contribution in [0.15, 0.2) is 18.2 Å². The maximum absolute atomic E-state index is 12.2. The summed E-state index contributed by atoms with van der Waals surface area (Å²) >= 11 is 11.9. The van der Waals surface area contributed by atoms with E-state index < -0.39 is 12.1 Å². The number of nitrogens with one attached hydrogen (secondary N) is 2. The van der Waals surface area contributed by atoms with E-state index in [0.29, 0.717) is 10.0 Å². The highest BCUT2D eigenvalue weighted by Crippen LogP contribution is 2.20. The van der Waals surface area contributed by atoms with E-state index in [1.807, 2.05) is 13.8 Å². The van der Waals surface area contributed by atoms with E-state index >= 15 is 0 Å². The first-order valence-corrected chi connectivity index (χ1v) is 7.75. The van der Waals surface area contributed by atoms with Gasteiger partial charge in [0.1, 0.15) is 6.04 Å². The fourth-order valence-electron chi connectivity index (χ4n) is 1.79. The molecular weight excluding hydrogens is 327 g/mol. The zero-order chi connectivity index (χ0) is 16.7. The molecule has 5 nitrogen and oxygen atoms in total. The molecule has 0 aliphatic rings. The van der Waals surface area contributed by atoms with Crippen LogP contribution in [-0.4, -0.2) is 24.6 Å².